The Morgan fingerprint density at radius 2 is 2.26 bits per heavy atom. The van der Waals surface area contributed by atoms with Crippen LogP contribution in [0.15, 0.2) is 18.2 Å². The van der Waals surface area contributed by atoms with Gasteiger partial charge in [0.05, 0.1) is 16.6 Å². The summed E-state index contributed by atoms with van der Waals surface area (Å²) >= 11 is 0. The number of carbonyl (C=O) groups excluding carboxylic acids is 1. The summed E-state index contributed by atoms with van der Waals surface area (Å²) in [7, 11) is 1.46. The van der Waals surface area contributed by atoms with E-state index in [1.165, 1.54) is 13.2 Å². The predicted molar refractivity (Wildman–Crippen MR) is 76.9 cm³/mol. The molecular weight excluding hydrogens is 311 g/mol. The van der Waals surface area contributed by atoms with E-state index in [0.29, 0.717) is 29.9 Å². The molecule has 5 nitrogen and oxygen atoms in total. The van der Waals surface area contributed by atoms with Gasteiger partial charge in [0.1, 0.15) is 12.4 Å². The van der Waals surface area contributed by atoms with Gasteiger partial charge in [0.15, 0.2) is 0 Å². The van der Waals surface area contributed by atoms with Crippen molar-refractivity contribution in [2.24, 2.45) is 0 Å². The normalized spacial score (nSPS) is 18.8. The molecule has 1 aromatic carbocycles. The number of aromatic amines is 1. The van der Waals surface area contributed by atoms with Crippen LogP contribution in [0.2, 0.25) is 0 Å². The van der Waals surface area contributed by atoms with Crippen LogP contribution in [-0.4, -0.2) is 47.6 Å². The molecule has 1 atom stereocenters. The molecule has 1 aliphatic heterocycles. The lowest BCUT2D eigenvalue weighted by Crippen LogP contribution is -2.31. The number of nitrogens with zero attached hydrogens (tertiary/aromatic N) is 2. The minimum absolute atomic E-state index is 0.00228. The molecule has 0 saturated carbocycles. The van der Waals surface area contributed by atoms with E-state index in [9.17, 15) is 18.0 Å². The van der Waals surface area contributed by atoms with Gasteiger partial charge in [-0.05, 0) is 24.6 Å². The Balaban J connectivity index is 1.80. The van der Waals surface area contributed by atoms with Crippen LogP contribution >= 0.6 is 0 Å². The number of amides is 1. The summed E-state index contributed by atoms with van der Waals surface area (Å²) in [4.78, 5) is 20.8. The molecule has 1 aliphatic rings. The number of benzene rings is 1. The number of rotatable bonds is 3. The van der Waals surface area contributed by atoms with Crippen molar-refractivity contribution in [1.29, 1.82) is 0 Å². The molecule has 1 saturated heterocycles. The summed E-state index contributed by atoms with van der Waals surface area (Å²) in [5.74, 6) is 0.523. The fourth-order valence-electron chi connectivity index (χ4n) is 2.82. The maximum Gasteiger partial charge on any atom is 0.416 e. The Kier molecular flexibility index (Phi) is 4.01. The van der Waals surface area contributed by atoms with E-state index >= 15 is 0 Å². The number of hydrogen-bond donors (Lipinski definition) is 1. The van der Waals surface area contributed by atoms with E-state index in [1.807, 2.05) is 0 Å². The lowest BCUT2D eigenvalue weighted by Gasteiger charge is -2.15. The van der Waals surface area contributed by atoms with Crippen molar-refractivity contribution in [2.75, 3.05) is 26.8 Å². The van der Waals surface area contributed by atoms with Crippen molar-refractivity contribution >= 4 is 16.9 Å². The van der Waals surface area contributed by atoms with Gasteiger partial charge in [0.25, 0.3) is 0 Å². The summed E-state index contributed by atoms with van der Waals surface area (Å²) in [5.41, 5.74) is 0.148. The maximum absolute atomic E-state index is 12.7. The zero-order chi connectivity index (χ0) is 16.6. The minimum atomic E-state index is -4.38. The first kappa shape index (κ1) is 15.8. The van der Waals surface area contributed by atoms with E-state index in [1.54, 1.807) is 4.90 Å². The Morgan fingerprint density at radius 1 is 1.48 bits per heavy atom. The second kappa shape index (κ2) is 5.84. The average Bonchev–Trinajstić information content (AvgIpc) is 3.12. The Bertz CT molecular complexity index is 726. The van der Waals surface area contributed by atoms with E-state index in [2.05, 4.69) is 9.97 Å². The van der Waals surface area contributed by atoms with E-state index in [-0.39, 0.29) is 18.4 Å². The van der Waals surface area contributed by atoms with Gasteiger partial charge in [0, 0.05) is 26.1 Å². The summed E-state index contributed by atoms with van der Waals surface area (Å²) in [5, 5.41) is 0. The van der Waals surface area contributed by atoms with Gasteiger partial charge in [0.2, 0.25) is 5.91 Å². The third kappa shape index (κ3) is 3.17. The first-order valence-electron chi connectivity index (χ1n) is 7.22. The van der Waals surface area contributed by atoms with Crippen LogP contribution in [0.1, 0.15) is 23.7 Å². The molecule has 0 aliphatic carbocycles. The Hall–Kier alpha value is -2.09. The molecule has 1 N–H and O–H groups in total. The highest BCUT2D eigenvalue weighted by Gasteiger charge is 2.32. The predicted octanol–water partition coefficient (Wildman–Crippen LogP) is 2.54. The molecule has 1 fully saturated rings. The van der Waals surface area contributed by atoms with Gasteiger partial charge in [-0.1, -0.05) is 0 Å². The average molecular weight is 327 g/mol. The lowest BCUT2D eigenvalue weighted by molar-refractivity contribution is -0.137. The number of carbonyl (C=O) groups is 1. The number of methoxy groups -OCH3 is 1. The van der Waals surface area contributed by atoms with Crippen molar-refractivity contribution in [3.05, 3.63) is 29.6 Å². The number of hydrogen-bond acceptors (Lipinski definition) is 3. The van der Waals surface area contributed by atoms with Gasteiger partial charge in [-0.15, -0.1) is 0 Å². The molecule has 124 valence electrons. The number of H-pyrrole nitrogens is 1. The van der Waals surface area contributed by atoms with Gasteiger partial charge in [-0.2, -0.15) is 13.2 Å². The molecule has 8 heteroatoms. The van der Waals surface area contributed by atoms with Crippen LogP contribution < -0.4 is 0 Å². The highest BCUT2D eigenvalue weighted by molar-refractivity contribution is 5.78. The number of aromatic nitrogens is 2. The second-order valence-corrected chi connectivity index (χ2v) is 5.61. The molecule has 23 heavy (non-hydrogen) atoms. The van der Waals surface area contributed by atoms with E-state index in [4.69, 9.17) is 4.74 Å². The van der Waals surface area contributed by atoms with Crippen LogP contribution in [0.3, 0.4) is 0 Å². The maximum atomic E-state index is 12.7. The van der Waals surface area contributed by atoms with Crippen LogP contribution in [0.25, 0.3) is 11.0 Å². The van der Waals surface area contributed by atoms with Crippen molar-refractivity contribution in [3.63, 3.8) is 0 Å². The molecule has 0 spiro atoms. The van der Waals surface area contributed by atoms with Crippen LogP contribution in [0.4, 0.5) is 13.2 Å². The standard InChI is InChI=1S/C15H16F3N3O2/c1-23-8-13(22)21-5-4-9(7-21)14-19-11-3-2-10(15(16,17)18)6-12(11)20-14/h2-3,6,9H,4-5,7-8H2,1H3,(H,19,20)/t9-/m0/s1. The number of imidazole rings is 1. The van der Waals surface area contributed by atoms with E-state index in [0.717, 1.165) is 18.6 Å². The SMILES string of the molecule is COCC(=O)N1CC[C@H](c2nc3ccc(C(F)(F)F)cc3[nH]2)C1. The number of halogens is 3. The van der Waals surface area contributed by atoms with Gasteiger partial charge >= 0.3 is 6.18 Å². The summed E-state index contributed by atoms with van der Waals surface area (Å²) in [6, 6.07) is 3.45. The summed E-state index contributed by atoms with van der Waals surface area (Å²) in [6.07, 6.45) is -3.66. The highest BCUT2D eigenvalue weighted by Crippen LogP contribution is 2.32. The van der Waals surface area contributed by atoms with Crippen LogP contribution in [-0.2, 0) is 15.7 Å². The molecule has 0 bridgehead atoms. The van der Waals surface area contributed by atoms with Gasteiger partial charge in [-0.25, -0.2) is 4.98 Å². The Morgan fingerprint density at radius 3 is 2.96 bits per heavy atom. The minimum Gasteiger partial charge on any atom is -0.375 e. The zero-order valence-electron chi connectivity index (χ0n) is 12.5. The number of ether oxygens (including phenoxy) is 1. The first-order valence-corrected chi connectivity index (χ1v) is 7.22. The smallest absolute Gasteiger partial charge is 0.375 e. The van der Waals surface area contributed by atoms with Crippen molar-refractivity contribution in [2.45, 2.75) is 18.5 Å². The van der Waals surface area contributed by atoms with Crippen molar-refractivity contribution in [3.8, 4) is 0 Å². The fraction of sp³-hybridized carbons (Fsp3) is 0.467. The molecule has 0 unspecified atom stereocenters. The third-order valence-corrected chi connectivity index (χ3v) is 4.02. The molecule has 1 amide bonds. The number of fused-ring (bicyclic) bond motifs is 1. The molecule has 0 radical (unpaired) electrons. The first-order chi connectivity index (χ1) is 10.9. The largest absolute Gasteiger partial charge is 0.416 e. The molecule has 2 aromatic rings. The van der Waals surface area contributed by atoms with Crippen molar-refractivity contribution < 1.29 is 22.7 Å². The molecular formula is C15H16F3N3O2. The van der Waals surface area contributed by atoms with E-state index < -0.39 is 11.7 Å². The highest BCUT2D eigenvalue weighted by atomic mass is 19.4. The lowest BCUT2D eigenvalue weighted by atomic mass is 10.1. The zero-order valence-corrected chi connectivity index (χ0v) is 12.5. The van der Waals surface area contributed by atoms with Crippen LogP contribution in [0, 0.1) is 0 Å². The Labute approximate surface area is 130 Å². The second-order valence-electron chi connectivity index (χ2n) is 5.61. The molecule has 1 aromatic heterocycles. The number of alkyl halides is 3. The van der Waals surface area contributed by atoms with Crippen LogP contribution in [0.5, 0.6) is 0 Å². The molecule has 2 heterocycles. The van der Waals surface area contributed by atoms with Gasteiger partial charge in [-0.3, -0.25) is 4.79 Å². The van der Waals surface area contributed by atoms with Crippen molar-refractivity contribution in [1.82, 2.24) is 14.9 Å². The fourth-order valence-corrected chi connectivity index (χ4v) is 2.82. The molecule has 3 rings (SSSR count). The topological polar surface area (TPSA) is 58.2 Å². The summed E-state index contributed by atoms with van der Waals surface area (Å²) < 4.78 is 43.1. The summed E-state index contributed by atoms with van der Waals surface area (Å²) in [6.45, 7) is 1.12. The van der Waals surface area contributed by atoms with Gasteiger partial charge < -0.3 is 14.6 Å². The quantitative estimate of drug-likeness (QED) is 0.942. The monoisotopic (exact) mass is 327 g/mol. The number of likely N-dealkylation sites (tertiary alicyclic amines) is 1. The third-order valence-electron chi connectivity index (χ3n) is 4.02. The number of nitrogens with one attached hydrogen (secondary N) is 1.